The van der Waals surface area contributed by atoms with E-state index < -0.39 is 6.10 Å². The molecule has 0 amide bonds. The first kappa shape index (κ1) is 19.2. The van der Waals surface area contributed by atoms with Gasteiger partial charge in [0.2, 0.25) is 0 Å². The molecule has 0 radical (unpaired) electrons. The van der Waals surface area contributed by atoms with Crippen molar-refractivity contribution in [2.45, 2.75) is 78.4 Å². The monoisotopic (exact) mass is 305 g/mol. The second-order valence-electron chi connectivity index (χ2n) is 7.25. The topological polar surface area (TPSA) is 23.5 Å². The van der Waals surface area contributed by atoms with Crippen LogP contribution >= 0.6 is 0 Å². The fourth-order valence-electron chi connectivity index (χ4n) is 3.05. The Morgan fingerprint density at radius 3 is 1.95 bits per heavy atom. The molecule has 0 spiro atoms. The van der Waals surface area contributed by atoms with E-state index in [9.17, 15) is 5.11 Å². The van der Waals surface area contributed by atoms with Gasteiger partial charge in [-0.15, -0.1) is 0 Å². The van der Waals surface area contributed by atoms with Crippen molar-refractivity contribution >= 4 is 0 Å². The summed E-state index contributed by atoms with van der Waals surface area (Å²) < 4.78 is 0. The van der Waals surface area contributed by atoms with Crippen molar-refractivity contribution in [2.24, 2.45) is 0 Å². The van der Waals surface area contributed by atoms with Gasteiger partial charge in [0, 0.05) is 6.04 Å². The van der Waals surface area contributed by atoms with Crippen LogP contribution in [0.15, 0.2) is 24.3 Å². The molecule has 0 aliphatic rings. The molecule has 0 aliphatic carbocycles. The van der Waals surface area contributed by atoms with Gasteiger partial charge in [-0.3, -0.25) is 4.90 Å². The number of aliphatic hydroxyl groups is 1. The fraction of sp³-hybridized carbons (Fsp3) is 0.700. The van der Waals surface area contributed by atoms with E-state index in [-0.39, 0.29) is 11.5 Å². The van der Waals surface area contributed by atoms with Crippen LogP contribution in [-0.2, 0) is 5.41 Å². The second kappa shape index (κ2) is 8.69. The molecule has 0 saturated heterocycles. The normalized spacial score (nSPS) is 15.1. The number of hydrogen-bond donors (Lipinski definition) is 1. The first-order chi connectivity index (χ1) is 10.3. The Bertz CT molecular complexity index is 414. The zero-order chi connectivity index (χ0) is 16.8. The number of unbranched alkanes of at least 4 members (excludes halogenated alkanes) is 1. The lowest BCUT2D eigenvalue weighted by Crippen LogP contribution is -2.39. The summed E-state index contributed by atoms with van der Waals surface area (Å²) in [5, 5.41) is 10.9. The van der Waals surface area contributed by atoms with Crippen molar-refractivity contribution in [1.82, 2.24) is 4.90 Å². The zero-order valence-corrected chi connectivity index (χ0v) is 15.4. The van der Waals surface area contributed by atoms with Gasteiger partial charge in [0.05, 0.1) is 6.10 Å². The quantitative estimate of drug-likeness (QED) is 0.737. The lowest BCUT2D eigenvalue weighted by Gasteiger charge is -2.34. The summed E-state index contributed by atoms with van der Waals surface area (Å²) in [6.45, 7) is 15.2. The van der Waals surface area contributed by atoms with Crippen LogP contribution in [0, 0.1) is 0 Å². The van der Waals surface area contributed by atoms with Crippen LogP contribution in [0.1, 0.15) is 78.0 Å². The molecule has 0 fully saturated rings. The van der Waals surface area contributed by atoms with Gasteiger partial charge in [-0.1, -0.05) is 78.6 Å². The predicted octanol–water partition coefficient (Wildman–Crippen LogP) is 4.92. The summed E-state index contributed by atoms with van der Waals surface area (Å²) in [7, 11) is 0. The van der Waals surface area contributed by atoms with Gasteiger partial charge in [0.1, 0.15) is 0 Å². The van der Waals surface area contributed by atoms with Crippen LogP contribution in [0.4, 0.5) is 0 Å². The van der Waals surface area contributed by atoms with Crippen molar-refractivity contribution in [1.29, 1.82) is 0 Å². The minimum atomic E-state index is -0.402. The summed E-state index contributed by atoms with van der Waals surface area (Å²) in [6, 6.07) is 8.76. The maximum atomic E-state index is 10.9. The molecule has 1 aromatic rings. The number of rotatable bonds is 8. The Morgan fingerprint density at radius 2 is 1.55 bits per heavy atom. The van der Waals surface area contributed by atoms with Gasteiger partial charge in [0.15, 0.2) is 0 Å². The highest BCUT2D eigenvalue weighted by Crippen LogP contribution is 2.28. The van der Waals surface area contributed by atoms with Crippen LogP contribution in [0.25, 0.3) is 0 Å². The summed E-state index contributed by atoms with van der Waals surface area (Å²) in [4.78, 5) is 2.39. The lowest BCUT2D eigenvalue weighted by atomic mass is 9.85. The average molecular weight is 306 g/mol. The number of hydrogen-bond acceptors (Lipinski definition) is 2. The Hall–Kier alpha value is -0.860. The Balaban J connectivity index is 2.94. The third-order valence-corrected chi connectivity index (χ3v) is 4.62. The number of benzene rings is 1. The van der Waals surface area contributed by atoms with E-state index in [0.717, 1.165) is 31.5 Å². The molecule has 1 N–H and O–H groups in total. The molecule has 126 valence electrons. The van der Waals surface area contributed by atoms with E-state index in [0.29, 0.717) is 0 Å². The van der Waals surface area contributed by atoms with Gasteiger partial charge in [0.25, 0.3) is 0 Å². The van der Waals surface area contributed by atoms with E-state index in [1.165, 1.54) is 12.0 Å². The van der Waals surface area contributed by atoms with Crippen LogP contribution in [0.2, 0.25) is 0 Å². The third-order valence-electron chi connectivity index (χ3n) is 4.62. The first-order valence-electron chi connectivity index (χ1n) is 8.87. The molecule has 0 unspecified atom stereocenters. The van der Waals surface area contributed by atoms with Crippen molar-refractivity contribution in [3.05, 3.63) is 35.4 Å². The minimum Gasteiger partial charge on any atom is -0.387 e. The molecule has 2 nitrogen and oxygen atoms in total. The lowest BCUT2D eigenvalue weighted by molar-refractivity contribution is 0.0473. The maximum absolute atomic E-state index is 10.9. The molecular weight excluding hydrogens is 270 g/mol. The molecule has 0 bridgehead atoms. The molecule has 0 aliphatic heterocycles. The van der Waals surface area contributed by atoms with E-state index in [4.69, 9.17) is 0 Å². The van der Waals surface area contributed by atoms with E-state index >= 15 is 0 Å². The highest BCUT2D eigenvalue weighted by atomic mass is 16.3. The molecule has 22 heavy (non-hydrogen) atoms. The zero-order valence-electron chi connectivity index (χ0n) is 15.4. The number of likely N-dealkylation sites (N-methyl/N-ethyl adjacent to an activating group) is 1. The second-order valence-corrected chi connectivity index (χ2v) is 7.25. The molecule has 0 heterocycles. The molecule has 2 heteroatoms. The van der Waals surface area contributed by atoms with E-state index in [1.807, 2.05) is 0 Å². The van der Waals surface area contributed by atoms with E-state index in [1.54, 1.807) is 0 Å². The van der Waals surface area contributed by atoms with Crippen LogP contribution in [0.5, 0.6) is 0 Å². The van der Waals surface area contributed by atoms with Crippen LogP contribution in [0.3, 0.4) is 0 Å². The van der Waals surface area contributed by atoms with Crippen molar-refractivity contribution in [3.63, 3.8) is 0 Å². The Kier molecular flexibility index (Phi) is 7.58. The summed E-state index contributed by atoms with van der Waals surface area (Å²) in [6.07, 6.45) is 2.99. The van der Waals surface area contributed by atoms with Crippen molar-refractivity contribution < 1.29 is 5.11 Å². The minimum absolute atomic E-state index is 0.157. The Morgan fingerprint density at radius 1 is 1.00 bits per heavy atom. The van der Waals surface area contributed by atoms with Crippen molar-refractivity contribution in [2.75, 3.05) is 13.1 Å². The molecule has 1 aromatic carbocycles. The van der Waals surface area contributed by atoms with E-state index in [2.05, 4.69) is 70.7 Å². The average Bonchev–Trinajstić information content (AvgIpc) is 2.50. The van der Waals surface area contributed by atoms with Gasteiger partial charge in [-0.2, -0.15) is 0 Å². The first-order valence-corrected chi connectivity index (χ1v) is 8.87. The van der Waals surface area contributed by atoms with Crippen LogP contribution in [-0.4, -0.2) is 29.1 Å². The SMILES string of the molecule is CCCC[C@@H]([C@H](O)c1ccc(C(C)(C)C)cc1)N(CC)CC. The summed E-state index contributed by atoms with van der Waals surface area (Å²) in [5.41, 5.74) is 2.52. The molecule has 0 aromatic heterocycles. The Labute approximate surface area is 137 Å². The summed E-state index contributed by atoms with van der Waals surface area (Å²) >= 11 is 0. The predicted molar refractivity (Wildman–Crippen MR) is 96.3 cm³/mol. The van der Waals surface area contributed by atoms with Gasteiger partial charge >= 0.3 is 0 Å². The van der Waals surface area contributed by atoms with Gasteiger partial charge < -0.3 is 5.11 Å². The van der Waals surface area contributed by atoms with Gasteiger partial charge in [-0.05, 0) is 36.1 Å². The molecule has 0 saturated carbocycles. The molecular formula is C20H35NO. The smallest absolute Gasteiger partial charge is 0.0945 e. The molecule has 1 rings (SSSR count). The van der Waals surface area contributed by atoms with Crippen molar-refractivity contribution in [3.8, 4) is 0 Å². The third kappa shape index (κ3) is 5.10. The number of nitrogens with zero attached hydrogens (tertiary/aromatic N) is 1. The highest BCUT2D eigenvalue weighted by molar-refractivity contribution is 5.29. The standard InChI is InChI=1S/C20H35NO/c1-7-10-11-18(21(8-2)9-3)19(22)16-12-14-17(15-13-16)20(4,5)6/h12-15,18-19,22H,7-11H2,1-6H3/t18-,19+/m0/s1. The fourth-order valence-corrected chi connectivity index (χ4v) is 3.05. The molecule has 2 atom stereocenters. The summed E-state index contributed by atoms with van der Waals surface area (Å²) in [5.74, 6) is 0. The van der Waals surface area contributed by atoms with Crippen LogP contribution < -0.4 is 0 Å². The number of aliphatic hydroxyl groups excluding tert-OH is 1. The maximum Gasteiger partial charge on any atom is 0.0945 e. The highest BCUT2D eigenvalue weighted by Gasteiger charge is 2.25. The largest absolute Gasteiger partial charge is 0.387 e. The van der Waals surface area contributed by atoms with Gasteiger partial charge in [-0.25, -0.2) is 0 Å².